The molecule has 0 amide bonds. The Morgan fingerprint density at radius 2 is 1.31 bits per heavy atom. The Morgan fingerprint density at radius 1 is 0.686 bits per heavy atom. The summed E-state index contributed by atoms with van der Waals surface area (Å²) in [5, 5.41) is 1.00. The number of rotatable bonds is 7. The lowest BCUT2D eigenvalue weighted by Crippen LogP contribution is -2.15. The van der Waals surface area contributed by atoms with Crippen LogP contribution in [0.1, 0.15) is 81.4 Å². The molecule has 0 unspecified atom stereocenters. The quantitative estimate of drug-likeness (QED) is 0.180. The van der Waals surface area contributed by atoms with Crippen molar-refractivity contribution < 1.29 is 17.6 Å². The Hall–Kier alpha value is -2.80. The van der Waals surface area contributed by atoms with Gasteiger partial charge in [-0.2, -0.15) is 0 Å². The van der Waals surface area contributed by atoms with Crippen LogP contribution in [0.3, 0.4) is 0 Å². The Morgan fingerprint density at radius 3 is 1.97 bits per heavy atom. The van der Waals surface area contributed by atoms with Gasteiger partial charge >= 0.3 is 0 Å². The Balaban J connectivity index is 1.37. The smallest absolute Gasteiger partial charge is 0.159 e. The van der Waals surface area contributed by atoms with Gasteiger partial charge in [0.15, 0.2) is 11.6 Å². The zero-order chi connectivity index (χ0) is 24.8. The van der Waals surface area contributed by atoms with Crippen LogP contribution in [0, 0.1) is 46.9 Å². The zero-order valence-corrected chi connectivity index (χ0v) is 20.3. The minimum atomic E-state index is -0.949. The Labute approximate surface area is 205 Å². The van der Waals surface area contributed by atoms with E-state index in [1.807, 2.05) is 0 Å². The van der Waals surface area contributed by atoms with Crippen molar-refractivity contribution in [1.82, 2.24) is 0 Å². The first-order chi connectivity index (χ1) is 16.9. The second-order valence-corrected chi connectivity index (χ2v) is 9.93. The lowest BCUT2D eigenvalue weighted by molar-refractivity contribution is 0.249. The van der Waals surface area contributed by atoms with Crippen LogP contribution in [-0.4, -0.2) is 0 Å². The molecule has 0 atom stereocenters. The van der Waals surface area contributed by atoms with Crippen LogP contribution >= 0.6 is 0 Å². The van der Waals surface area contributed by atoms with Gasteiger partial charge in [-0.15, -0.1) is 0 Å². The highest BCUT2D eigenvalue weighted by molar-refractivity contribution is 5.84. The zero-order valence-electron chi connectivity index (χ0n) is 20.3. The maximum Gasteiger partial charge on any atom is 0.159 e. The molecule has 4 heteroatoms. The molecule has 184 valence electrons. The third-order valence-corrected chi connectivity index (χ3v) is 7.34. The van der Waals surface area contributed by atoms with E-state index in [1.54, 1.807) is 18.2 Å². The molecule has 0 bridgehead atoms. The molecule has 0 radical (unpaired) electrons. The maximum absolute atomic E-state index is 14.7. The molecular formula is C31H32F4. The van der Waals surface area contributed by atoms with Crippen molar-refractivity contribution in [3.05, 3.63) is 82.4 Å². The summed E-state index contributed by atoms with van der Waals surface area (Å²) >= 11 is 0. The van der Waals surface area contributed by atoms with Crippen molar-refractivity contribution >= 4 is 10.8 Å². The Bertz CT molecular complexity index is 1200. The van der Waals surface area contributed by atoms with Gasteiger partial charge in [-0.25, -0.2) is 17.6 Å². The number of fused-ring (bicyclic) bond motifs is 1. The van der Waals surface area contributed by atoms with E-state index in [9.17, 15) is 17.6 Å². The highest BCUT2D eigenvalue weighted by Gasteiger charge is 2.21. The molecule has 0 heterocycles. The van der Waals surface area contributed by atoms with Crippen LogP contribution in [0.2, 0.25) is 0 Å². The lowest BCUT2D eigenvalue weighted by atomic mass is 9.78. The summed E-state index contributed by atoms with van der Waals surface area (Å²) in [5.74, 6) is 3.61. The Kier molecular flexibility index (Phi) is 8.50. The van der Waals surface area contributed by atoms with Gasteiger partial charge in [0.05, 0.1) is 5.56 Å². The second kappa shape index (κ2) is 11.8. The third kappa shape index (κ3) is 6.66. The monoisotopic (exact) mass is 480 g/mol. The van der Waals surface area contributed by atoms with Gasteiger partial charge in [0.2, 0.25) is 0 Å². The molecule has 3 aromatic carbocycles. The van der Waals surface area contributed by atoms with Gasteiger partial charge in [0.1, 0.15) is 11.6 Å². The minimum absolute atomic E-state index is 0.272. The van der Waals surface area contributed by atoms with Crippen LogP contribution in [0.5, 0.6) is 0 Å². The van der Waals surface area contributed by atoms with E-state index in [0.717, 1.165) is 24.5 Å². The van der Waals surface area contributed by atoms with Gasteiger partial charge < -0.3 is 0 Å². The average molecular weight is 481 g/mol. The second-order valence-electron chi connectivity index (χ2n) is 9.93. The summed E-state index contributed by atoms with van der Waals surface area (Å²) in [6.45, 7) is 2.24. The van der Waals surface area contributed by atoms with Gasteiger partial charge in [-0.05, 0) is 77.4 Å². The van der Waals surface area contributed by atoms with Crippen LogP contribution < -0.4 is 0 Å². The summed E-state index contributed by atoms with van der Waals surface area (Å²) < 4.78 is 56.3. The minimum Gasteiger partial charge on any atom is -0.206 e. The van der Waals surface area contributed by atoms with Gasteiger partial charge in [-0.1, -0.05) is 76.2 Å². The van der Waals surface area contributed by atoms with Gasteiger partial charge in [0, 0.05) is 5.56 Å². The van der Waals surface area contributed by atoms with Crippen molar-refractivity contribution in [3.63, 3.8) is 0 Å². The highest BCUT2D eigenvalue weighted by Crippen LogP contribution is 2.34. The number of halogens is 4. The molecule has 0 aliphatic heterocycles. The molecule has 4 rings (SSSR count). The highest BCUT2D eigenvalue weighted by atomic mass is 19.2. The first-order valence-corrected chi connectivity index (χ1v) is 12.8. The molecule has 1 saturated carbocycles. The van der Waals surface area contributed by atoms with Crippen molar-refractivity contribution in [2.75, 3.05) is 0 Å². The summed E-state index contributed by atoms with van der Waals surface area (Å²) in [7, 11) is 0. The molecule has 1 aliphatic carbocycles. The van der Waals surface area contributed by atoms with Crippen molar-refractivity contribution in [2.45, 2.75) is 71.1 Å². The standard InChI is InChI=1S/C31H32F4/c1-2-3-4-5-21-6-8-22(9-7-21)10-11-24-17-28(32)27(29(33)18-24)15-13-23-12-14-25-19-30(34)31(35)20-26(25)16-23/h12,14,16-22H,2-11H2,1H3. The van der Waals surface area contributed by atoms with E-state index >= 15 is 0 Å². The van der Waals surface area contributed by atoms with E-state index in [4.69, 9.17) is 0 Å². The van der Waals surface area contributed by atoms with E-state index in [1.165, 1.54) is 63.5 Å². The molecule has 0 spiro atoms. The molecular weight excluding hydrogens is 448 g/mol. The first kappa shape index (κ1) is 25.3. The first-order valence-electron chi connectivity index (χ1n) is 12.8. The van der Waals surface area contributed by atoms with Crippen LogP contribution in [0.15, 0.2) is 42.5 Å². The summed E-state index contributed by atoms with van der Waals surface area (Å²) in [4.78, 5) is 0. The fraction of sp³-hybridized carbons (Fsp3) is 0.419. The molecule has 1 aliphatic rings. The number of benzene rings is 3. The summed E-state index contributed by atoms with van der Waals surface area (Å²) in [6, 6.07) is 9.78. The largest absolute Gasteiger partial charge is 0.206 e. The maximum atomic E-state index is 14.7. The van der Waals surface area contributed by atoms with E-state index in [-0.39, 0.29) is 5.56 Å². The molecule has 0 aromatic heterocycles. The number of hydrogen-bond acceptors (Lipinski definition) is 0. The van der Waals surface area contributed by atoms with E-state index in [2.05, 4.69) is 18.8 Å². The van der Waals surface area contributed by atoms with Crippen LogP contribution in [-0.2, 0) is 6.42 Å². The lowest BCUT2D eigenvalue weighted by Gasteiger charge is -2.28. The number of unbranched alkanes of at least 4 members (excludes halogenated alkanes) is 2. The molecule has 0 saturated heterocycles. The number of aryl methyl sites for hydroxylation is 1. The SMILES string of the molecule is CCCCCC1CCC(CCc2cc(F)c(C#Cc3ccc4cc(F)c(F)cc4c3)c(F)c2)CC1. The fourth-order valence-electron chi connectivity index (χ4n) is 5.21. The average Bonchev–Trinajstić information content (AvgIpc) is 2.84. The predicted octanol–water partition coefficient (Wildman–Crippen LogP) is 9.12. The van der Waals surface area contributed by atoms with Crippen molar-refractivity contribution in [3.8, 4) is 11.8 Å². The van der Waals surface area contributed by atoms with E-state index < -0.39 is 23.3 Å². The normalized spacial score (nSPS) is 17.9. The van der Waals surface area contributed by atoms with Crippen LogP contribution in [0.4, 0.5) is 17.6 Å². The van der Waals surface area contributed by atoms with Crippen molar-refractivity contribution in [2.24, 2.45) is 11.8 Å². The third-order valence-electron chi connectivity index (χ3n) is 7.34. The fourth-order valence-corrected chi connectivity index (χ4v) is 5.21. The number of hydrogen-bond donors (Lipinski definition) is 0. The van der Waals surface area contributed by atoms with Gasteiger partial charge in [-0.3, -0.25) is 0 Å². The molecule has 3 aromatic rings. The van der Waals surface area contributed by atoms with Gasteiger partial charge in [0.25, 0.3) is 0 Å². The molecule has 1 fully saturated rings. The predicted molar refractivity (Wildman–Crippen MR) is 134 cm³/mol. The molecule has 35 heavy (non-hydrogen) atoms. The summed E-state index contributed by atoms with van der Waals surface area (Å²) in [5.41, 5.74) is 0.863. The molecule has 0 nitrogen and oxygen atoms in total. The van der Waals surface area contributed by atoms with Crippen LogP contribution in [0.25, 0.3) is 10.8 Å². The summed E-state index contributed by atoms with van der Waals surface area (Å²) in [6.07, 6.45) is 11.9. The van der Waals surface area contributed by atoms with E-state index in [0.29, 0.717) is 34.2 Å². The van der Waals surface area contributed by atoms with Crippen molar-refractivity contribution in [1.29, 1.82) is 0 Å². The molecule has 0 N–H and O–H groups in total. The topological polar surface area (TPSA) is 0 Å².